The normalized spacial score (nSPS) is 13.1. The fraction of sp³-hybridized carbons (Fsp3) is 1.00. The van der Waals surface area contributed by atoms with E-state index in [1.165, 1.54) is 0 Å². The van der Waals surface area contributed by atoms with E-state index in [1.807, 2.05) is 0 Å². The summed E-state index contributed by atoms with van der Waals surface area (Å²) >= 11 is 0. The summed E-state index contributed by atoms with van der Waals surface area (Å²) in [7, 11) is -6.25. The summed E-state index contributed by atoms with van der Waals surface area (Å²) in [5, 5.41) is -0.745. The van der Waals surface area contributed by atoms with Crippen LogP contribution >= 0.6 is 0 Å². The zero-order valence-corrected chi connectivity index (χ0v) is 17.3. The topological polar surface area (TPSA) is 92.3 Å². The molecule has 0 aliphatic carbocycles. The van der Waals surface area contributed by atoms with E-state index in [2.05, 4.69) is 9.44 Å². The van der Waals surface area contributed by atoms with Crippen molar-refractivity contribution in [2.75, 3.05) is 13.1 Å². The molecule has 24 heavy (non-hydrogen) atoms. The molecular weight excluding hydrogens is 348 g/mol. The van der Waals surface area contributed by atoms with Crippen LogP contribution in [-0.4, -0.2) is 40.4 Å². The number of rotatable bonds is 15. The van der Waals surface area contributed by atoms with Gasteiger partial charge in [0.1, 0.15) is 0 Å². The zero-order valence-electron chi connectivity index (χ0n) is 15.7. The summed E-state index contributed by atoms with van der Waals surface area (Å²) in [5.74, 6) is 0. The van der Waals surface area contributed by atoms with Crippen molar-refractivity contribution in [3.63, 3.8) is 0 Å². The molecule has 0 fully saturated rings. The van der Waals surface area contributed by atoms with Gasteiger partial charge in [-0.2, -0.15) is 0 Å². The first-order chi connectivity index (χ1) is 11.1. The van der Waals surface area contributed by atoms with Gasteiger partial charge in [-0.1, -0.05) is 38.5 Å². The van der Waals surface area contributed by atoms with Gasteiger partial charge in [0.05, 0.1) is 10.5 Å². The highest BCUT2D eigenvalue weighted by Crippen LogP contribution is 2.08. The van der Waals surface area contributed by atoms with Gasteiger partial charge in [-0.3, -0.25) is 0 Å². The van der Waals surface area contributed by atoms with E-state index in [4.69, 9.17) is 0 Å². The molecule has 0 spiro atoms. The van der Waals surface area contributed by atoms with Gasteiger partial charge in [0.15, 0.2) is 0 Å². The van der Waals surface area contributed by atoms with Gasteiger partial charge in [-0.25, -0.2) is 26.3 Å². The number of nitrogens with one attached hydrogen (secondary N) is 2. The quantitative estimate of drug-likeness (QED) is 0.425. The van der Waals surface area contributed by atoms with Gasteiger partial charge >= 0.3 is 0 Å². The first-order valence-electron chi connectivity index (χ1n) is 9.06. The third-order valence-electron chi connectivity index (χ3n) is 3.95. The van der Waals surface area contributed by atoms with E-state index in [9.17, 15) is 16.8 Å². The Morgan fingerprint density at radius 1 is 0.542 bits per heavy atom. The molecule has 0 aromatic heterocycles. The summed E-state index contributed by atoms with van der Waals surface area (Å²) in [6.07, 6.45) is 8.35. The lowest BCUT2D eigenvalue weighted by atomic mass is 10.1. The van der Waals surface area contributed by atoms with Gasteiger partial charge in [0.25, 0.3) is 0 Å². The minimum Gasteiger partial charge on any atom is -0.215 e. The second-order valence-electron chi connectivity index (χ2n) is 6.80. The lowest BCUT2D eigenvalue weighted by Crippen LogP contribution is -2.31. The molecule has 0 aliphatic rings. The first kappa shape index (κ1) is 23.8. The maximum Gasteiger partial charge on any atom is 0.213 e. The molecule has 0 amide bonds. The van der Waals surface area contributed by atoms with Gasteiger partial charge in [0.2, 0.25) is 20.0 Å². The molecule has 0 aromatic carbocycles. The number of unbranched alkanes of at least 4 members (excludes halogenated alkanes) is 7. The van der Waals surface area contributed by atoms with Crippen molar-refractivity contribution in [1.29, 1.82) is 0 Å². The van der Waals surface area contributed by atoms with Crippen molar-refractivity contribution >= 4 is 20.0 Å². The molecule has 0 atom stereocenters. The standard InChI is InChI=1S/C16H36N2O4S2/c1-15(2)23(19,20)17-13-11-9-7-5-6-8-10-12-14-18-24(21,22)16(3)4/h15-18H,5-14H2,1-4H3. The van der Waals surface area contributed by atoms with Crippen LogP contribution in [0.4, 0.5) is 0 Å². The minimum absolute atomic E-state index is 0.373. The van der Waals surface area contributed by atoms with E-state index >= 15 is 0 Å². The van der Waals surface area contributed by atoms with Crippen LogP contribution in [-0.2, 0) is 20.0 Å². The molecule has 0 aromatic rings. The molecule has 8 heteroatoms. The summed E-state index contributed by atoms with van der Waals surface area (Å²) in [4.78, 5) is 0. The maximum absolute atomic E-state index is 11.5. The van der Waals surface area contributed by atoms with Crippen molar-refractivity contribution in [3.8, 4) is 0 Å². The second kappa shape index (κ2) is 12.2. The minimum atomic E-state index is -3.12. The highest BCUT2D eigenvalue weighted by atomic mass is 32.2. The van der Waals surface area contributed by atoms with Crippen molar-refractivity contribution in [3.05, 3.63) is 0 Å². The first-order valence-corrected chi connectivity index (χ1v) is 12.2. The predicted molar refractivity (Wildman–Crippen MR) is 101 cm³/mol. The smallest absolute Gasteiger partial charge is 0.213 e. The highest BCUT2D eigenvalue weighted by molar-refractivity contribution is 7.90. The van der Waals surface area contributed by atoms with Crippen LogP contribution in [0, 0.1) is 0 Å². The molecule has 0 rings (SSSR count). The number of sulfonamides is 2. The van der Waals surface area contributed by atoms with E-state index in [1.54, 1.807) is 27.7 Å². The van der Waals surface area contributed by atoms with Crippen LogP contribution in [0.25, 0.3) is 0 Å². The van der Waals surface area contributed by atoms with Gasteiger partial charge < -0.3 is 0 Å². The average molecular weight is 385 g/mol. The molecule has 6 nitrogen and oxygen atoms in total. The Morgan fingerprint density at radius 3 is 1.04 bits per heavy atom. The lowest BCUT2D eigenvalue weighted by Gasteiger charge is -2.09. The zero-order chi connectivity index (χ0) is 18.6. The monoisotopic (exact) mass is 384 g/mol. The van der Waals surface area contributed by atoms with Crippen LogP contribution in [0.15, 0.2) is 0 Å². The fourth-order valence-corrected chi connectivity index (χ4v) is 3.60. The van der Waals surface area contributed by atoms with Gasteiger partial charge in [0, 0.05) is 13.1 Å². The Bertz CT molecular complexity index is 466. The summed E-state index contributed by atoms with van der Waals surface area (Å²) < 4.78 is 51.4. The molecular formula is C16H36N2O4S2. The van der Waals surface area contributed by atoms with E-state index < -0.39 is 20.0 Å². The molecule has 0 radical (unpaired) electrons. The Kier molecular flexibility index (Phi) is 12.1. The van der Waals surface area contributed by atoms with Crippen molar-refractivity contribution < 1.29 is 16.8 Å². The van der Waals surface area contributed by atoms with Crippen LogP contribution in [0.5, 0.6) is 0 Å². The van der Waals surface area contributed by atoms with Crippen molar-refractivity contribution in [1.82, 2.24) is 9.44 Å². The van der Waals surface area contributed by atoms with E-state index in [0.29, 0.717) is 13.1 Å². The summed E-state index contributed by atoms with van der Waals surface area (Å²) in [5.41, 5.74) is 0. The average Bonchev–Trinajstić information content (AvgIpc) is 2.47. The fourth-order valence-electron chi connectivity index (χ4n) is 2.07. The number of hydrogen-bond acceptors (Lipinski definition) is 4. The van der Waals surface area contributed by atoms with Crippen LogP contribution in [0.2, 0.25) is 0 Å². The van der Waals surface area contributed by atoms with Crippen molar-refractivity contribution in [2.24, 2.45) is 0 Å². The Hall–Kier alpha value is -0.180. The molecule has 146 valence electrons. The second-order valence-corrected chi connectivity index (χ2v) is 11.4. The molecule has 2 N–H and O–H groups in total. The highest BCUT2D eigenvalue weighted by Gasteiger charge is 2.14. The van der Waals surface area contributed by atoms with Crippen LogP contribution in [0.3, 0.4) is 0 Å². The Labute approximate surface area is 149 Å². The number of hydrogen-bond donors (Lipinski definition) is 2. The summed E-state index contributed by atoms with van der Waals surface area (Å²) in [6.45, 7) is 7.76. The van der Waals surface area contributed by atoms with Crippen molar-refractivity contribution in [2.45, 2.75) is 89.6 Å². The Balaban J connectivity index is 3.41. The molecule has 0 saturated heterocycles. The third-order valence-corrected chi connectivity index (χ3v) is 7.65. The third kappa shape index (κ3) is 11.4. The van der Waals surface area contributed by atoms with Crippen LogP contribution in [0.1, 0.15) is 79.1 Å². The van der Waals surface area contributed by atoms with E-state index in [0.717, 1.165) is 51.4 Å². The molecule has 0 heterocycles. The molecule has 0 unspecified atom stereocenters. The van der Waals surface area contributed by atoms with E-state index in [-0.39, 0.29) is 10.5 Å². The molecule has 0 bridgehead atoms. The van der Waals surface area contributed by atoms with Gasteiger partial charge in [-0.05, 0) is 40.5 Å². The molecule has 0 aliphatic heterocycles. The molecule has 0 saturated carbocycles. The largest absolute Gasteiger partial charge is 0.215 e. The Morgan fingerprint density at radius 2 is 0.792 bits per heavy atom. The van der Waals surface area contributed by atoms with Crippen LogP contribution < -0.4 is 9.44 Å². The maximum atomic E-state index is 11.5. The summed E-state index contributed by atoms with van der Waals surface area (Å²) in [6, 6.07) is 0. The SMILES string of the molecule is CC(C)S(=O)(=O)NCCCCCCCCCCNS(=O)(=O)C(C)C. The lowest BCUT2D eigenvalue weighted by molar-refractivity contribution is 0.545. The predicted octanol–water partition coefficient (Wildman–Crippen LogP) is 2.76. The van der Waals surface area contributed by atoms with Gasteiger partial charge in [-0.15, -0.1) is 0 Å².